The summed E-state index contributed by atoms with van der Waals surface area (Å²) in [4.78, 5) is 0. The van der Waals surface area contributed by atoms with E-state index in [1.54, 1.807) is 6.92 Å². The second kappa shape index (κ2) is 4.19. The van der Waals surface area contributed by atoms with Crippen LogP contribution >= 0.6 is 0 Å². The lowest BCUT2D eigenvalue weighted by atomic mass is 9.70. The zero-order valence-electron chi connectivity index (χ0n) is 9.82. The first-order chi connectivity index (χ1) is 7.56. The Labute approximate surface area is 96.9 Å². The Morgan fingerprint density at radius 3 is 2.19 bits per heavy atom. The van der Waals surface area contributed by atoms with Crippen LogP contribution in [0.1, 0.15) is 44.6 Å². The molecule has 2 heteroatoms. The van der Waals surface area contributed by atoms with E-state index in [4.69, 9.17) is 0 Å². The minimum atomic E-state index is -1.14. The van der Waals surface area contributed by atoms with Crippen LogP contribution in [0.5, 0.6) is 0 Å². The molecule has 0 saturated heterocycles. The number of rotatable bonds is 2. The van der Waals surface area contributed by atoms with Gasteiger partial charge in [0.05, 0.1) is 5.60 Å². The van der Waals surface area contributed by atoms with Crippen LogP contribution in [0.15, 0.2) is 30.3 Å². The van der Waals surface area contributed by atoms with E-state index in [0.717, 1.165) is 24.8 Å². The summed E-state index contributed by atoms with van der Waals surface area (Å²) in [7, 11) is 0. The topological polar surface area (TPSA) is 40.5 Å². The lowest BCUT2D eigenvalue weighted by Gasteiger charge is -2.44. The van der Waals surface area contributed by atoms with Crippen molar-refractivity contribution in [2.75, 3.05) is 0 Å². The highest BCUT2D eigenvalue weighted by Gasteiger charge is 2.46. The monoisotopic (exact) mass is 220 g/mol. The molecule has 1 aliphatic carbocycles. The van der Waals surface area contributed by atoms with Gasteiger partial charge in [-0.2, -0.15) is 0 Å². The van der Waals surface area contributed by atoms with E-state index in [2.05, 4.69) is 0 Å². The van der Waals surface area contributed by atoms with Crippen LogP contribution in [-0.2, 0) is 5.60 Å². The first kappa shape index (κ1) is 11.6. The first-order valence-electron chi connectivity index (χ1n) is 6.07. The summed E-state index contributed by atoms with van der Waals surface area (Å²) in [6.45, 7) is 1.73. The van der Waals surface area contributed by atoms with Crippen molar-refractivity contribution >= 4 is 0 Å². The van der Waals surface area contributed by atoms with Gasteiger partial charge in [0.2, 0.25) is 0 Å². The van der Waals surface area contributed by atoms with E-state index < -0.39 is 11.2 Å². The molecule has 0 radical (unpaired) electrons. The zero-order chi connectivity index (χ0) is 11.6. The summed E-state index contributed by atoms with van der Waals surface area (Å²) in [5.41, 5.74) is -1.30. The van der Waals surface area contributed by atoms with Gasteiger partial charge >= 0.3 is 0 Å². The standard InChI is InChI=1S/C14H20O2/c1-13(15,12-8-4-2-5-9-12)14(16)10-6-3-7-11-14/h2,4-5,8-9,15-16H,3,6-7,10-11H2,1H3. The van der Waals surface area contributed by atoms with Gasteiger partial charge in [-0.25, -0.2) is 0 Å². The highest BCUT2D eigenvalue weighted by atomic mass is 16.4. The quantitative estimate of drug-likeness (QED) is 0.804. The Balaban J connectivity index is 2.30. The van der Waals surface area contributed by atoms with E-state index in [-0.39, 0.29) is 0 Å². The number of hydrogen-bond donors (Lipinski definition) is 2. The zero-order valence-corrected chi connectivity index (χ0v) is 9.82. The third kappa shape index (κ3) is 1.87. The van der Waals surface area contributed by atoms with Crippen LogP contribution in [0.25, 0.3) is 0 Å². The Kier molecular flexibility index (Phi) is 3.04. The predicted molar refractivity (Wildman–Crippen MR) is 64.0 cm³/mol. The molecule has 16 heavy (non-hydrogen) atoms. The average molecular weight is 220 g/mol. The highest BCUT2D eigenvalue weighted by Crippen LogP contribution is 2.42. The summed E-state index contributed by atoms with van der Waals surface area (Å²) >= 11 is 0. The Morgan fingerprint density at radius 1 is 1.06 bits per heavy atom. The van der Waals surface area contributed by atoms with Crippen molar-refractivity contribution in [3.8, 4) is 0 Å². The largest absolute Gasteiger partial charge is 0.387 e. The molecule has 88 valence electrons. The molecule has 1 saturated carbocycles. The molecule has 2 N–H and O–H groups in total. The molecule has 2 nitrogen and oxygen atoms in total. The molecule has 0 aliphatic heterocycles. The molecule has 1 fully saturated rings. The molecule has 0 bridgehead atoms. The fourth-order valence-corrected chi connectivity index (χ4v) is 2.65. The van der Waals surface area contributed by atoms with Crippen molar-refractivity contribution in [1.82, 2.24) is 0 Å². The van der Waals surface area contributed by atoms with Gasteiger partial charge in [-0.1, -0.05) is 49.6 Å². The van der Waals surface area contributed by atoms with Crippen LogP contribution < -0.4 is 0 Å². The molecule has 1 unspecified atom stereocenters. The van der Waals surface area contributed by atoms with Crippen molar-refractivity contribution < 1.29 is 10.2 Å². The van der Waals surface area contributed by atoms with E-state index in [0.29, 0.717) is 12.8 Å². The highest BCUT2D eigenvalue weighted by molar-refractivity contribution is 5.25. The van der Waals surface area contributed by atoms with Gasteiger partial charge in [0.25, 0.3) is 0 Å². The summed E-state index contributed by atoms with van der Waals surface area (Å²) in [6.07, 6.45) is 4.54. The maximum absolute atomic E-state index is 10.6. The normalized spacial score (nSPS) is 23.7. The molecule has 0 spiro atoms. The SMILES string of the molecule is CC(O)(c1ccccc1)C1(O)CCCCC1. The molecule has 1 aromatic carbocycles. The molecule has 2 rings (SSSR count). The fourth-order valence-electron chi connectivity index (χ4n) is 2.65. The van der Waals surface area contributed by atoms with Gasteiger partial charge in [0.1, 0.15) is 5.60 Å². The van der Waals surface area contributed by atoms with Crippen LogP contribution in [-0.4, -0.2) is 15.8 Å². The number of aliphatic hydroxyl groups is 2. The van der Waals surface area contributed by atoms with Crippen molar-refractivity contribution in [1.29, 1.82) is 0 Å². The third-order valence-corrected chi connectivity index (χ3v) is 3.92. The molecule has 0 aromatic heterocycles. The molecule has 1 atom stereocenters. The van der Waals surface area contributed by atoms with Crippen LogP contribution in [0.2, 0.25) is 0 Å². The van der Waals surface area contributed by atoms with Crippen LogP contribution in [0, 0.1) is 0 Å². The molecule has 1 aliphatic rings. The molecule has 0 heterocycles. The van der Waals surface area contributed by atoms with Crippen LogP contribution in [0.4, 0.5) is 0 Å². The smallest absolute Gasteiger partial charge is 0.115 e. The Morgan fingerprint density at radius 2 is 1.62 bits per heavy atom. The second-order valence-corrected chi connectivity index (χ2v) is 5.03. The Bertz CT molecular complexity index is 337. The van der Waals surface area contributed by atoms with Gasteiger partial charge < -0.3 is 10.2 Å². The van der Waals surface area contributed by atoms with Crippen molar-refractivity contribution in [2.24, 2.45) is 0 Å². The molecular formula is C14H20O2. The Hall–Kier alpha value is -0.860. The van der Waals surface area contributed by atoms with Gasteiger partial charge in [-0.3, -0.25) is 0 Å². The van der Waals surface area contributed by atoms with Gasteiger partial charge in [0.15, 0.2) is 0 Å². The summed E-state index contributed by atoms with van der Waals surface area (Å²) < 4.78 is 0. The molecule has 1 aromatic rings. The van der Waals surface area contributed by atoms with Crippen molar-refractivity contribution in [3.05, 3.63) is 35.9 Å². The summed E-state index contributed by atoms with van der Waals surface area (Å²) in [6, 6.07) is 9.48. The van der Waals surface area contributed by atoms with E-state index in [9.17, 15) is 10.2 Å². The summed E-state index contributed by atoms with van der Waals surface area (Å²) in [5.74, 6) is 0. The van der Waals surface area contributed by atoms with Gasteiger partial charge in [0, 0.05) is 0 Å². The number of hydrogen-bond acceptors (Lipinski definition) is 2. The van der Waals surface area contributed by atoms with E-state index in [1.807, 2.05) is 30.3 Å². The lowest BCUT2D eigenvalue weighted by molar-refractivity contribution is -0.164. The molecular weight excluding hydrogens is 200 g/mol. The lowest BCUT2D eigenvalue weighted by Crippen LogP contribution is -2.51. The average Bonchev–Trinajstić information content (AvgIpc) is 2.31. The maximum Gasteiger partial charge on any atom is 0.115 e. The predicted octanol–water partition coefficient (Wildman–Crippen LogP) is 2.59. The minimum absolute atomic E-state index is 0.689. The number of benzene rings is 1. The van der Waals surface area contributed by atoms with E-state index >= 15 is 0 Å². The van der Waals surface area contributed by atoms with E-state index in [1.165, 1.54) is 0 Å². The van der Waals surface area contributed by atoms with Crippen molar-refractivity contribution in [2.45, 2.75) is 50.2 Å². The second-order valence-electron chi connectivity index (χ2n) is 5.03. The maximum atomic E-state index is 10.6. The third-order valence-electron chi connectivity index (χ3n) is 3.92. The van der Waals surface area contributed by atoms with Crippen LogP contribution in [0.3, 0.4) is 0 Å². The van der Waals surface area contributed by atoms with Gasteiger partial charge in [-0.05, 0) is 25.3 Å². The van der Waals surface area contributed by atoms with Crippen molar-refractivity contribution in [3.63, 3.8) is 0 Å². The first-order valence-corrected chi connectivity index (χ1v) is 6.07. The minimum Gasteiger partial charge on any atom is -0.387 e. The fraction of sp³-hybridized carbons (Fsp3) is 0.571. The molecule has 0 amide bonds. The summed E-state index contributed by atoms with van der Waals surface area (Å²) in [5, 5.41) is 21.2. The van der Waals surface area contributed by atoms with Gasteiger partial charge in [-0.15, -0.1) is 0 Å².